The molecule has 1 atom stereocenters. The van der Waals surface area contributed by atoms with Gasteiger partial charge < -0.3 is 0 Å². The third-order valence-electron chi connectivity index (χ3n) is 2.95. The number of benzene rings is 2. The van der Waals surface area contributed by atoms with Crippen molar-refractivity contribution in [1.82, 2.24) is 0 Å². The van der Waals surface area contributed by atoms with E-state index in [1.54, 1.807) is 12.1 Å². The normalized spacial score (nSPS) is 12.4. The first-order valence-corrected chi connectivity index (χ1v) is 6.67. The molecule has 0 saturated heterocycles. The van der Waals surface area contributed by atoms with E-state index in [0.717, 1.165) is 5.56 Å². The SMILES string of the molecule is Fc1ccccc1CC(CCl)c1ccc(Cl)cc1. The third-order valence-corrected chi connectivity index (χ3v) is 3.58. The van der Waals surface area contributed by atoms with Crippen LogP contribution in [-0.2, 0) is 6.42 Å². The van der Waals surface area contributed by atoms with Crippen LogP contribution in [0.2, 0.25) is 5.02 Å². The van der Waals surface area contributed by atoms with Crippen molar-refractivity contribution in [2.24, 2.45) is 0 Å². The number of alkyl halides is 1. The molecule has 0 spiro atoms. The lowest BCUT2D eigenvalue weighted by Crippen LogP contribution is -2.06. The highest BCUT2D eigenvalue weighted by molar-refractivity contribution is 6.30. The molecule has 0 aromatic heterocycles. The van der Waals surface area contributed by atoms with Crippen LogP contribution in [0.25, 0.3) is 0 Å². The fourth-order valence-electron chi connectivity index (χ4n) is 1.93. The van der Waals surface area contributed by atoms with Crippen LogP contribution in [0.15, 0.2) is 48.5 Å². The summed E-state index contributed by atoms with van der Waals surface area (Å²) >= 11 is 11.8. The molecule has 0 nitrogen and oxygen atoms in total. The van der Waals surface area contributed by atoms with Crippen LogP contribution in [0, 0.1) is 5.82 Å². The molecule has 2 aromatic rings. The van der Waals surface area contributed by atoms with Gasteiger partial charge in [0.05, 0.1) is 0 Å². The second-order valence-electron chi connectivity index (χ2n) is 4.20. The molecule has 0 N–H and O–H groups in total. The molecule has 0 bridgehead atoms. The molecule has 1 unspecified atom stereocenters. The van der Waals surface area contributed by atoms with Gasteiger partial charge in [-0.1, -0.05) is 41.9 Å². The van der Waals surface area contributed by atoms with Crippen molar-refractivity contribution in [3.63, 3.8) is 0 Å². The lowest BCUT2D eigenvalue weighted by Gasteiger charge is -2.15. The van der Waals surface area contributed by atoms with Gasteiger partial charge in [-0.25, -0.2) is 4.39 Å². The highest BCUT2D eigenvalue weighted by Gasteiger charge is 2.13. The van der Waals surface area contributed by atoms with Crippen LogP contribution in [0.1, 0.15) is 17.0 Å². The molecule has 94 valence electrons. The average molecular weight is 283 g/mol. The van der Waals surface area contributed by atoms with Crippen molar-refractivity contribution >= 4 is 23.2 Å². The molecule has 0 amide bonds. The summed E-state index contributed by atoms with van der Waals surface area (Å²) in [5, 5.41) is 0.693. The van der Waals surface area contributed by atoms with E-state index >= 15 is 0 Å². The van der Waals surface area contributed by atoms with Crippen LogP contribution in [0.5, 0.6) is 0 Å². The highest BCUT2D eigenvalue weighted by atomic mass is 35.5. The van der Waals surface area contributed by atoms with Crippen LogP contribution in [-0.4, -0.2) is 5.88 Å². The van der Waals surface area contributed by atoms with Gasteiger partial charge in [0.25, 0.3) is 0 Å². The molecule has 0 heterocycles. The van der Waals surface area contributed by atoms with E-state index in [1.165, 1.54) is 6.07 Å². The third kappa shape index (κ3) is 3.24. The molecule has 0 radical (unpaired) electrons. The first-order chi connectivity index (χ1) is 8.70. The standard InChI is InChI=1S/C15H13Cl2F/c16-10-13(11-5-7-14(17)8-6-11)9-12-3-1-2-4-15(12)18/h1-8,13H,9-10H2. The Hall–Kier alpha value is -1.05. The summed E-state index contributed by atoms with van der Waals surface area (Å²) in [5.41, 5.74) is 1.77. The van der Waals surface area contributed by atoms with E-state index in [-0.39, 0.29) is 11.7 Å². The molecule has 0 saturated carbocycles. The predicted molar refractivity (Wildman–Crippen MR) is 75.0 cm³/mol. The van der Waals surface area contributed by atoms with Crippen LogP contribution >= 0.6 is 23.2 Å². The predicted octanol–water partition coefficient (Wildman–Crippen LogP) is 5.04. The number of hydrogen-bond donors (Lipinski definition) is 0. The zero-order chi connectivity index (χ0) is 13.0. The first-order valence-electron chi connectivity index (χ1n) is 5.75. The van der Waals surface area contributed by atoms with Crippen molar-refractivity contribution < 1.29 is 4.39 Å². The van der Waals surface area contributed by atoms with Gasteiger partial charge in [-0.2, -0.15) is 0 Å². The van der Waals surface area contributed by atoms with E-state index in [2.05, 4.69) is 0 Å². The van der Waals surface area contributed by atoms with Crippen molar-refractivity contribution in [3.05, 3.63) is 70.5 Å². The number of hydrogen-bond acceptors (Lipinski definition) is 0. The Labute approximate surface area is 116 Å². The molecule has 2 rings (SSSR count). The fourth-order valence-corrected chi connectivity index (χ4v) is 2.34. The maximum atomic E-state index is 13.6. The molecular formula is C15H13Cl2F. The largest absolute Gasteiger partial charge is 0.207 e. The highest BCUT2D eigenvalue weighted by Crippen LogP contribution is 2.24. The first kappa shape index (κ1) is 13.4. The second kappa shape index (κ2) is 6.21. The van der Waals surface area contributed by atoms with Gasteiger partial charge >= 0.3 is 0 Å². The Balaban J connectivity index is 2.20. The summed E-state index contributed by atoms with van der Waals surface area (Å²) < 4.78 is 13.6. The van der Waals surface area contributed by atoms with E-state index < -0.39 is 0 Å². The van der Waals surface area contributed by atoms with E-state index in [0.29, 0.717) is 22.9 Å². The van der Waals surface area contributed by atoms with Crippen LogP contribution in [0.3, 0.4) is 0 Å². The molecule has 0 aliphatic carbocycles. The summed E-state index contributed by atoms with van der Waals surface area (Å²) in [4.78, 5) is 0. The van der Waals surface area contributed by atoms with E-state index in [1.807, 2.05) is 30.3 Å². The summed E-state index contributed by atoms with van der Waals surface area (Å²) in [6.45, 7) is 0. The minimum atomic E-state index is -0.179. The minimum Gasteiger partial charge on any atom is -0.207 e. The fraction of sp³-hybridized carbons (Fsp3) is 0.200. The molecule has 2 aromatic carbocycles. The summed E-state index contributed by atoms with van der Waals surface area (Å²) in [6.07, 6.45) is 0.595. The topological polar surface area (TPSA) is 0 Å². The van der Waals surface area contributed by atoms with Gasteiger partial charge in [-0.15, -0.1) is 11.6 Å². The lowest BCUT2D eigenvalue weighted by molar-refractivity contribution is 0.598. The molecule has 0 aliphatic heterocycles. The molecule has 18 heavy (non-hydrogen) atoms. The van der Waals surface area contributed by atoms with Crippen LogP contribution < -0.4 is 0 Å². The smallest absolute Gasteiger partial charge is 0.126 e. The Morgan fingerprint density at radius 1 is 1.00 bits per heavy atom. The Bertz CT molecular complexity index is 508. The zero-order valence-corrected chi connectivity index (χ0v) is 11.3. The summed E-state index contributed by atoms with van der Waals surface area (Å²) in [7, 11) is 0. The van der Waals surface area contributed by atoms with Crippen molar-refractivity contribution in [2.75, 3.05) is 5.88 Å². The van der Waals surface area contributed by atoms with Crippen molar-refractivity contribution in [3.8, 4) is 0 Å². The van der Waals surface area contributed by atoms with Gasteiger partial charge in [0.2, 0.25) is 0 Å². The maximum Gasteiger partial charge on any atom is 0.126 e. The Kier molecular flexibility index (Phi) is 4.62. The van der Waals surface area contributed by atoms with Gasteiger partial charge in [0, 0.05) is 16.8 Å². The van der Waals surface area contributed by atoms with Crippen molar-refractivity contribution in [1.29, 1.82) is 0 Å². The van der Waals surface area contributed by atoms with Gasteiger partial charge in [-0.05, 0) is 35.7 Å². The molecule has 3 heteroatoms. The lowest BCUT2D eigenvalue weighted by atomic mass is 9.93. The molecule has 0 fully saturated rings. The second-order valence-corrected chi connectivity index (χ2v) is 4.94. The monoisotopic (exact) mass is 282 g/mol. The maximum absolute atomic E-state index is 13.6. The summed E-state index contributed by atoms with van der Waals surface area (Å²) in [6, 6.07) is 14.3. The zero-order valence-electron chi connectivity index (χ0n) is 9.74. The van der Waals surface area contributed by atoms with E-state index in [9.17, 15) is 4.39 Å². The quantitative estimate of drug-likeness (QED) is 0.689. The Morgan fingerprint density at radius 3 is 2.28 bits per heavy atom. The Morgan fingerprint density at radius 2 is 1.67 bits per heavy atom. The average Bonchev–Trinajstić information content (AvgIpc) is 2.39. The van der Waals surface area contributed by atoms with Gasteiger partial charge in [0.1, 0.15) is 5.82 Å². The van der Waals surface area contributed by atoms with E-state index in [4.69, 9.17) is 23.2 Å². The van der Waals surface area contributed by atoms with Gasteiger partial charge in [-0.3, -0.25) is 0 Å². The molecule has 0 aliphatic rings. The van der Waals surface area contributed by atoms with Crippen molar-refractivity contribution in [2.45, 2.75) is 12.3 Å². The van der Waals surface area contributed by atoms with Crippen LogP contribution in [0.4, 0.5) is 4.39 Å². The molecular weight excluding hydrogens is 270 g/mol. The summed E-state index contributed by atoms with van der Waals surface area (Å²) in [5.74, 6) is 0.373. The van der Waals surface area contributed by atoms with Gasteiger partial charge in [0.15, 0.2) is 0 Å². The number of rotatable bonds is 4. The minimum absolute atomic E-state index is 0.0980. The number of halogens is 3.